The van der Waals surface area contributed by atoms with Gasteiger partial charge < -0.3 is 10.2 Å². The number of amides is 1. The maximum Gasteiger partial charge on any atom is 0.225 e. The maximum absolute atomic E-state index is 12.5. The second-order valence-electron chi connectivity index (χ2n) is 7.30. The van der Waals surface area contributed by atoms with Gasteiger partial charge in [-0.15, -0.1) is 0 Å². The van der Waals surface area contributed by atoms with Gasteiger partial charge in [-0.3, -0.25) is 4.79 Å². The van der Waals surface area contributed by atoms with Gasteiger partial charge in [0.2, 0.25) is 11.9 Å². The molecule has 2 aromatic rings. The van der Waals surface area contributed by atoms with E-state index in [9.17, 15) is 4.79 Å². The number of piperidine rings is 1. The average Bonchev–Trinajstić information content (AvgIpc) is 2.63. The predicted octanol–water partition coefficient (Wildman–Crippen LogP) is 2.93. The molecule has 1 aliphatic heterocycles. The first kappa shape index (κ1) is 17.4. The van der Waals surface area contributed by atoms with Gasteiger partial charge in [-0.25, -0.2) is 9.97 Å². The molecule has 5 nitrogen and oxygen atoms in total. The minimum Gasteiger partial charge on any atom is -0.353 e. The zero-order chi connectivity index (χ0) is 17.7. The van der Waals surface area contributed by atoms with Gasteiger partial charge in [-0.2, -0.15) is 0 Å². The second-order valence-corrected chi connectivity index (χ2v) is 7.30. The number of carbonyl (C=O) groups excluding carboxylic acids is 1. The smallest absolute Gasteiger partial charge is 0.225 e. The zero-order valence-corrected chi connectivity index (χ0v) is 15.0. The van der Waals surface area contributed by atoms with Crippen LogP contribution in [0.2, 0.25) is 0 Å². The summed E-state index contributed by atoms with van der Waals surface area (Å²) >= 11 is 0. The van der Waals surface area contributed by atoms with E-state index in [1.54, 1.807) is 12.4 Å². The zero-order valence-electron chi connectivity index (χ0n) is 15.0. The normalized spacial score (nSPS) is 15.8. The number of nitrogens with one attached hydrogen (secondary N) is 1. The van der Waals surface area contributed by atoms with Crippen molar-refractivity contribution in [1.82, 2.24) is 15.3 Å². The van der Waals surface area contributed by atoms with Gasteiger partial charge in [-0.05, 0) is 29.9 Å². The molecule has 0 spiro atoms. The van der Waals surface area contributed by atoms with Crippen LogP contribution in [0.4, 0.5) is 5.95 Å². The van der Waals surface area contributed by atoms with E-state index in [0.717, 1.165) is 31.9 Å². The fourth-order valence-electron chi connectivity index (χ4n) is 3.35. The molecule has 3 rings (SSSR count). The van der Waals surface area contributed by atoms with E-state index in [2.05, 4.69) is 46.2 Å². The Bertz CT molecular complexity index is 679. The van der Waals surface area contributed by atoms with Crippen LogP contribution >= 0.6 is 0 Å². The van der Waals surface area contributed by atoms with Gasteiger partial charge in [0, 0.05) is 37.9 Å². The summed E-state index contributed by atoms with van der Waals surface area (Å²) in [5, 5.41) is 3.21. The molecule has 0 aliphatic carbocycles. The Labute approximate surface area is 149 Å². The van der Waals surface area contributed by atoms with Gasteiger partial charge in [0.05, 0.1) is 0 Å². The molecular weight excluding hydrogens is 312 g/mol. The fourth-order valence-corrected chi connectivity index (χ4v) is 3.35. The van der Waals surface area contributed by atoms with Crippen molar-refractivity contribution in [3.8, 4) is 0 Å². The van der Waals surface area contributed by atoms with Crippen LogP contribution in [0.25, 0.3) is 0 Å². The number of carbonyl (C=O) groups is 1. The summed E-state index contributed by atoms with van der Waals surface area (Å²) in [4.78, 5) is 23.3. The third kappa shape index (κ3) is 4.56. The molecule has 0 atom stereocenters. The Morgan fingerprint density at radius 3 is 2.40 bits per heavy atom. The van der Waals surface area contributed by atoms with E-state index < -0.39 is 0 Å². The van der Waals surface area contributed by atoms with E-state index >= 15 is 0 Å². The first-order chi connectivity index (χ1) is 12.0. The maximum atomic E-state index is 12.5. The molecule has 132 valence electrons. The largest absolute Gasteiger partial charge is 0.353 e. The van der Waals surface area contributed by atoms with Crippen LogP contribution in [0.3, 0.4) is 0 Å². The highest BCUT2D eigenvalue weighted by Gasteiger charge is 2.27. The van der Waals surface area contributed by atoms with E-state index in [-0.39, 0.29) is 17.4 Å². The molecule has 1 N–H and O–H groups in total. The van der Waals surface area contributed by atoms with Gasteiger partial charge in [0.25, 0.3) is 0 Å². The Balaban J connectivity index is 1.50. The van der Waals surface area contributed by atoms with Crippen LogP contribution in [0.1, 0.15) is 38.7 Å². The number of benzene rings is 1. The van der Waals surface area contributed by atoms with Crippen LogP contribution in [-0.2, 0) is 10.2 Å². The molecule has 1 aromatic carbocycles. The van der Waals surface area contributed by atoms with Crippen molar-refractivity contribution in [2.45, 2.75) is 44.6 Å². The van der Waals surface area contributed by atoms with Crippen molar-refractivity contribution in [3.63, 3.8) is 0 Å². The molecule has 1 saturated heterocycles. The summed E-state index contributed by atoms with van der Waals surface area (Å²) in [6.45, 7) is 5.99. The summed E-state index contributed by atoms with van der Waals surface area (Å²) in [5.41, 5.74) is 1.03. The highest BCUT2D eigenvalue weighted by molar-refractivity contribution is 5.77. The van der Waals surface area contributed by atoms with Crippen molar-refractivity contribution in [3.05, 3.63) is 54.4 Å². The summed E-state index contributed by atoms with van der Waals surface area (Å²) in [6, 6.07) is 12.3. The first-order valence-corrected chi connectivity index (χ1v) is 8.91. The number of anilines is 1. The SMILES string of the molecule is CC(C)(CC(=O)NC1CCN(c2ncccn2)CC1)c1ccccc1. The summed E-state index contributed by atoms with van der Waals surface area (Å²) in [6.07, 6.45) is 5.88. The Morgan fingerprint density at radius 2 is 1.76 bits per heavy atom. The lowest BCUT2D eigenvalue weighted by molar-refractivity contribution is -0.123. The van der Waals surface area contributed by atoms with Crippen molar-refractivity contribution < 1.29 is 4.79 Å². The van der Waals surface area contributed by atoms with Crippen LogP contribution in [0.5, 0.6) is 0 Å². The molecule has 1 fully saturated rings. The summed E-state index contributed by atoms with van der Waals surface area (Å²) in [5.74, 6) is 0.903. The third-order valence-corrected chi connectivity index (χ3v) is 4.85. The topological polar surface area (TPSA) is 58.1 Å². The van der Waals surface area contributed by atoms with E-state index in [0.29, 0.717) is 6.42 Å². The molecule has 1 amide bonds. The molecule has 1 aromatic heterocycles. The minimum atomic E-state index is -0.163. The lowest BCUT2D eigenvalue weighted by Gasteiger charge is -2.33. The highest BCUT2D eigenvalue weighted by atomic mass is 16.1. The molecule has 5 heteroatoms. The first-order valence-electron chi connectivity index (χ1n) is 8.91. The lowest BCUT2D eigenvalue weighted by atomic mass is 9.81. The van der Waals surface area contributed by atoms with Crippen molar-refractivity contribution in [1.29, 1.82) is 0 Å². The third-order valence-electron chi connectivity index (χ3n) is 4.85. The molecule has 2 heterocycles. The van der Waals surface area contributed by atoms with Gasteiger partial charge in [-0.1, -0.05) is 44.2 Å². The summed E-state index contributed by atoms with van der Waals surface area (Å²) in [7, 11) is 0. The van der Waals surface area contributed by atoms with Gasteiger partial charge in [0.1, 0.15) is 0 Å². The monoisotopic (exact) mass is 338 g/mol. The average molecular weight is 338 g/mol. The van der Waals surface area contributed by atoms with Crippen molar-refractivity contribution >= 4 is 11.9 Å². The van der Waals surface area contributed by atoms with Gasteiger partial charge in [0.15, 0.2) is 0 Å². The van der Waals surface area contributed by atoms with Crippen LogP contribution in [0.15, 0.2) is 48.8 Å². The van der Waals surface area contributed by atoms with Crippen LogP contribution < -0.4 is 10.2 Å². The second kappa shape index (κ2) is 7.64. The number of rotatable bonds is 5. The number of hydrogen-bond donors (Lipinski definition) is 1. The number of aromatic nitrogens is 2. The van der Waals surface area contributed by atoms with E-state index in [1.807, 2.05) is 24.3 Å². The molecule has 25 heavy (non-hydrogen) atoms. The number of nitrogens with zero attached hydrogens (tertiary/aromatic N) is 3. The quantitative estimate of drug-likeness (QED) is 0.911. The highest BCUT2D eigenvalue weighted by Crippen LogP contribution is 2.27. The lowest BCUT2D eigenvalue weighted by Crippen LogP contribution is -2.46. The van der Waals surface area contributed by atoms with Gasteiger partial charge >= 0.3 is 0 Å². The molecule has 0 bridgehead atoms. The van der Waals surface area contributed by atoms with Crippen molar-refractivity contribution in [2.24, 2.45) is 0 Å². The Kier molecular flexibility index (Phi) is 5.31. The van der Waals surface area contributed by atoms with Crippen LogP contribution in [0, 0.1) is 0 Å². The predicted molar refractivity (Wildman–Crippen MR) is 99.5 cm³/mol. The molecule has 0 saturated carbocycles. The Hall–Kier alpha value is -2.43. The molecular formula is C20H26N4O. The Morgan fingerprint density at radius 1 is 1.12 bits per heavy atom. The molecule has 0 radical (unpaired) electrons. The standard InChI is InChI=1S/C20H26N4O/c1-20(2,16-7-4-3-5-8-16)15-18(25)23-17-9-13-24(14-10-17)19-21-11-6-12-22-19/h3-8,11-12,17H,9-10,13-15H2,1-2H3,(H,23,25). The van der Waals surface area contributed by atoms with E-state index in [4.69, 9.17) is 0 Å². The van der Waals surface area contributed by atoms with E-state index in [1.165, 1.54) is 5.56 Å². The fraction of sp³-hybridized carbons (Fsp3) is 0.450. The number of hydrogen-bond acceptors (Lipinski definition) is 4. The van der Waals surface area contributed by atoms with Crippen molar-refractivity contribution in [2.75, 3.05) is 18.0 Å². The molecule has 0 unspecified atom stereocenters. The molecule has 1 aliphatic rings. The minimum absolute atomic E-state index is 0.128. The van der Waals surface area contributed by atoms with Crippen LogP contribution in [-0.4, -0.2) is 35.0 Å². The summed E-state index contributed by atoms with van der Waals surface area (Å²) < 4.78 is 0.